The van der Waals surface area contributed by atoms with E-state index in [0.29, 0.717) is 59.1 Å². The highest BCUT2D eigenvalue weighted by molar-refractivity contribution is 7.92. The fraction of sp³-hybridized carbons (Fsp3) is 0.355. The first-order valence-electron chi connectivity index (χ1n) is 13.6. The van der Waals surface area contributed by atoms with Crippen LogP contribution in [0.3, 0.4) is 0 Å². The van der Waals surface area contributed by atoms with Crippen LogP contribution in [0.5, 0.6) is 5.75 Å². The summed E-state index contributed by atoms with van der Waals surface area (Å²) in [7, 11) is -3.90. The normalized spacial score (nSPS) is 22.8. The van der Waals surface area contributed by atoms with E-state index < -0.39 is 26.5 Å². The number of carboxylic acids is 1. The maximum Gasteiger partial charge on any atom is 0.306 e. The Kier molecular flexibility index (Phi) is 8.64. The smallest absolute Gasteiger partial charge is 0.306 e. The molecule has 1 saturated heterocycles. The van der Waals surface area contributed by atoms with Crippen molar-refractivity contribution in [3.05, 3.63) is 94.0 Å². The summed E-state index contributed by atoms with van der Waals surface area (Å²) in [6, 6.07) is 20.5. The van der Waals surface area contributed by atoms with Crippen molar-refractivity contribution >= 4 is 44.9 Å². The minimum atomic E-state index is -3.90. The number of likely N-dealkylation sites (tertiary alicyclic amines) is 1. The molecule has 1 atom stereocenters. The summed E-state index contributed by atoms with van der Waals surface area (Å²) >= 11 is 12.5. The lowest BCUT2D eigenvalue weighted by molar-refractivity contribution is -0.145. The van der Waals surface area contributed by atoms with E-state index in [2.05, 4.69) is 0 Å². The van der Waals surface area contributed by atoms with E-state index >= 15 is 0 Å². The van der Waals surface area contributed by atoms with Gasteiger partial charge in [0.15, 0.2) is 9.84 Å². The summed E-state index contributed by atoms with van der Waals surface area (Å²) in [5.74, 6) is -1.13. The van der Waals surface area contributed by atoms with Crippen LogP contribution in [0.4, 0.5) is 0 Å². The first-order chi connectivity index (χ1) is 19.6. The second kappa shape index (κ2) is 12.0. The molecule has 10 heteroatoms. The zero-order valence-corrected chi connectivity index (χ0v) is 24.7. The van der Waals surface area contributed by atoms with Crippen molar-refractivity contribution in [2.75, 3.05) is 13.1 Å². The van der Waals surface area contributed by atoms with E-state index in [1.807, 2.05) is 0 Å². The largest absolute Gasteiger partial charge is 0.489 e. The molecule has 1 N–H and O–H groups in total. The number of carbonyl (C=O) groups excluding carboxylic acids is 1. The molecule has 1 unspecified atom stereocenters. The average molecular weight is 617 g/mol. The van der Waals surface area contributed by atoms with Crippen LogP contribution in [0, 0.1) is 11.8 Å². The summed E-state index contributed by atoms with van der Waals surface area (Å²) in [6.07, 6.45) is 2.14. The molecule has 3 aromatic carbocycles. The van der Waals surface area contributed by atoms with Crippen molar-refractivity contribution in [2.24, 2.45) is 11.8 Å². The number of carbonyl (C=O) groups is 2. The van der Waals surface area contributed by atoms with Gasteiger partial charge in [-0.25, -0.2) is 8.42 Å². The quantitative estimate of drug-likeness (QED) is 0.316. The van der Waals surface area contributed by atoms with Gasteiger partial charge in [0.05, 0.1) is 10.8 Å². The third-order valence-corrected chi connectivity index (χ3v) is 11.6. The Morgan fingerprint density at radius 3 is 2.10 bits per heavy atom. The van der Waals surface area contributed by atoms with E-state index in [1.165, 1.54) is 0 Å². The van der Waals surface area contributed by atoms with E-state index in [9.17, 15) is 23.1 Å². The Morgan fingerprint density at radius 2 is 1.49 bits per heavy atom. The van der Waals surface area contributed by atoms with Crippen molar-refractivity contribution < 1.29 is 27.9 Å². The monoisotopic (exact) mass is 615 g/mol. The first kappa shape index (κ1) is 29.4. The van der Waals surface area contributed by atoms with Crippen LogP contribution in [0.2, 0.25) is 10.0 Å². The number of hydrogen-bond donors (Lipinski definition) is 1. The minimum Gasteiger partial charge on any atom is -0.489 e. The summed E-state index contributed by atoms with van der Waals surface area (Å²) in [6.45, 7) is 0.474. The number of benzene rings is 3. The molecule has 3 aromatic rings. The summed E-state index contributed by atoms with van der Waals surface area (Å²) < 4.78 is 33.0. The van der Waals surface area contributed by atoms with Crippen LogP contribution in [-0.2, 0) is 30.8 Å². The van der Waals surface area contributed by atoms with Crippen molar-refractivity contribution in [3.63, 3.8) is 0 Å². The second-order valence-electron chi connectivity index (χ2n) is 10.7. The number of rotatable bonds is 8. The predicted octanol–water partition coefficient (Wildman–Crippen LogP) is 6.36. The van der Waals surface area contributed by atoms with Gasteiger partial charge < -0.3 is 14.7 Å². The van der Waals surface area contributed by atoms with E-state index in [0.717, 1.165) is 0 Å². The van der Waals surface area contributed by atoms with Crippen LogP contribution < -0.4 is 4.74 Å². The molecule has 0 radical (unpaired) electrons. The van der Waals surface area contributed by atoms with Gasteiger partial charge in [-0.1, -0.05) is 59.6 Å². The Labute approximate surface area is 250 Å². The van der Waals surface area contributed by atoms with Crippen molar-refractivity contribution in [3.8, 4) is 5.75 Å². The van der Waals surface area contributed by atoms with Gasteiger partial charge in [0, 0.05) is 34.6 Å². The zero-order valence-electron chi connectivity index (χ0n) is 22.3. The van der Waals surface area contributed by atoms with Gasteiger partial charge in [-0.3, -0.25) is 9.59 Å². The number of hydrogen-bond acceptors (Lipinski definition) is 5. The number of aliphatic carboxylic acids is 1. The second-order valence-corrected chi connectivity index (χ2v) is 13.8. The van der Waals surface area contributed by atoms with Crippen LogP contribution in [0.1, 0.15) is 43.2 Å². The molecule has 216 valence electrons. The standard InChI is InChI=1S/C31H31Cl2NO6S/c32-27-7-4-8-28(33)26(27)19-40-24-15-13-23(14-16-24)31(41(38,39)25-5-2-1-3-6-25)17-18-34(20-31)29(35)21-9-11-22(12-10-21)30(36)37/h1-8,13-16,21-22H,9-12,17-20H2,(H,36,37)/t21-,22-,31?. The van der Waals surface area contributed by atoms with Gasteiger partial charge in [-0.2, -0.15) is 0 Å². The molecular formula is C31H31Cl2NO6S. The van der Waals surface area contributed by atoms with Crippen molar-refractivity contribution in [2.45, 2.75) is 48.4 Å². The fourth-order valence-corrected chi connectivity index (χ4v) is 8.54. The fourth-order valence-electron chi connectivity index (χ4n) is 5.93. The molecule has 2 fully saturated rings. The molecule has 7 nitrogen and oxygen atoms in total. The molecule has 1 aliphatic heterocycles. The lowest BCUT2D eigenvalue weighted by Gasteiger charge is -2.32. The molecule has 0 aromatic heterocycles. The maximum atomic E-state index is 14.2. The number of sulfone groups is 1. The number of amides is 1. The molecule has 1 amide bonds. The molecule has 1 saturated carbocycles. The Morgan fingerprint density at radius 1 is 0.878 bits per heavy atom. The lowest BCUT2D eigenvalue weighted by atomic mass is 9.81. The lowest BCUT2D eigenvalue weighted by Crippen LogP contribution is -2.42. The number of halogens is 2. The van der Waals surface area contributed by atoms with Crippen LogP contribution >= 0.6 is 23.2 Å². The third-order valence-electron chi connectivity index (χ3n) is 8.36. The minimum absolute atomic E-state index is 0.0252. The SMILES string of the molecule is O=C(O)[C@H]1CC[C@H](C(=O)N2CCC(c3ccc(OCc4c(Cl)cccc4Cl)cc3)(S(=O)(=O)c3ccccc3)C2)CC1. The van der Waals surface area contributed by atoms with Gasteiger partial charge >= 0.3 is 5.97 Å². The van der Waals surface area contributed by atoms with Gasteiger partial charge in [-0.15, -0.1) is 0 Å². The first-order valence-corrected chi connectivity index (χ1v) is 15.8. The topological polar surface area (TPSA) is 101 Å². The molecule has 5 rings (SSSR count). The summed E-state index contributed by atoms with van der Waals surface area (Å²) in [5.41, 5.74) is 1.24. The van der Waals surface area contributed by atoms with Gasteiger partial charge in [0.25, 0.3) is 0 Å². The zero-order chi connectivity index (χ0) is 29.2. The highest BCUT2D eigenvalue weighted by atomic mass is 35.5. The van der Waals surface area contributed by atoms with Crippen LogP contribution in [0.15, 0.2) is 77.7 Å². The van der Waals surface area contributed by atoms with E-state index in [-0.39, 0.29) is 36.3 Å². The molecule has 1 heterocycles. The Hall–Kier alpha value is -3.07. The summed E-state index contributed by atoms with van der Waals surface area (Å²) in [4.78, 5) is 26.7. The average Bonchev–Trinajstić information content (AvgIpc) is 3.45. The van der Waals surface area contributed by atoms with E-state index in [1.54, 1.807) is 77.7 Å². The molecule has 1 aliphatic carbocycles. The highest BCUT2D eigenvalue weighted by Gasteiger charge is 2.52. The predicted molar refractivity (Wildman–Crippen MR) is 157 cm³/mol. The van der Waals surface area contributed by atoms with Crippen molar-refractivity contribution in [1.29, 1.82) is 0 Å². The van der Waals surface area contributed by atoms with Gasteiger partial charge in [0.2, 0.25) is 5.91 Å². The number of carboxylic acid groups (broad SMARTS) is 1. The van der Waals surface area contributed by atoms with E-state index in [4.69, 9.17) is 27.9 Å². The van der Waals surface area contributed by atoms with Crippen molar-refractivity contribution in [1.82, 2.24) is 4.90 Å². The van der Waals surface area contributed by atoms with Crippen LogP contribution in [0.25, 0.3) is 0 Å². The Balaban J connectivity index is 1.40. The molecule has 0 bridgehead atoms. The number of ether oxygens (including phenoxy) is 1. The van der Waals surface area contributed by atoms with Gasteiger partial charge in [0.1, 0.15) is 17.1 Å². The van der Waals surface area contributed by atoms with Crippen LogP contribution in [-0.4, -0.2) is 43.4 Å². The molecule has 2 aliphatic rings. The molecule has 41 heavy (non-hydrogen) atoms. The third kappa shape index (κ3) is 5.83. The maximum absolute atomic E-state index is 14.2. The van der Waals surface area contributed by atoms with Gasteiger partial charge in [-0.05, 0) is 74.1 Å². The molecular weight excluding hydrogens is 585 g/mol. The molecule has 0 spiro atoms. The summed E-state index contributed by atoms with van der Waals surface area (Å²) in [5, 5.41) is 10.3. The number of nitrogens with zero attached hydrogens (tertiary/aromatic N) is 1. The highest BCUT2D eigenvalue weighted by Crippen LogP contribution is 2.45. The Bertz CT molecular complexity index is 1500.